The van der Waals surface area contributed by atoms with E-state index < -0.39 is 28.2 Å². The zero-order chi connectivity index (χ0) is 14.1. The first-order chi connectivity index (χ1) is 8.17. The van der Waals surface area contributed by atoms with E-state index in [9.17, 15) is 19.3 Å². The lowest BCUT2D eigenvalue weighted by Gasteiger charge is -2.29. The minimum absolute atomic E-state index is 0.188. The van der Waals surface area contributed by atoms with Crippen LogP contribution in [0.2, 0.25) is 0 Å². The van der Waals surface area contributed by atoms with Crippen LogP contribution in [0.4, 0.5) is 10.1 Å². The van der Waals surface area contributed by atoms with E-state index >= 15 is 0 Å². The molecule has 0 heterocycles. The average molecular weight is 256 g/mol. The van der Waals surface area contributed by atoms with Crippen molar-refractivity contribution in [3.8, 4) is 0 Å². The molecule has 0 aromatic heterocycles. The normalized spacial score (nSPS) is 15.8. The van der Waals surface area contributed by atoms with Crippen molar-refractivity contribution in [2.45, 2.75) is 19.4 Å². The van der Waals surface area contributed by atoms with Crippen LogP contribution in [0.5, 0.6) is 0 Å². The summed E-state index contributed by atoms with van der Waals surface area (Å²) in [6.45, 7) is 2.65. The molecule has 18 heavy (non-hydrogen) atoms. The highest BCUT2D eigenvalue weighted by Crippen LogP contribution is 2.31. The molecule has 1 aromatic rings. The number of benzene rings is 1. The number of rotatable bonds is 4. The molecule has 1 rings (SSSR count). The van der Waals surface area contributed by atoms with Gasteiger partial charge in [-0.2, -0.15) is 0 Å². The van der Waals surface area contributed by atoms with E-state index in [1.807, 2.05) is 0 Å². The third-order valence-electron chi connectivity index (χ3n) is 3.01. The van der Waals surface area contributed by atoms with Crippen LogP contribution in [-0.2, 0) is 10.3 Å². The van der Waals surface area contributed by atoms with Gasteiger partial charge in [0.2, 0.25) is 0 Å². The van der Waals surface area contributed by atoms with Gasteiger partial charge in [-0.15, -0.1) is 0 Å². The molecule has 3 N–H and O–H groups in total. The van der Waals surface area contributed by atoms with E-state index in [1.165, 1.54) is 13.8 Å². The summed E-state index contributed by atoms with van der Waals surface area (Å²) in [7, 11) is 0. The van der Waals surface area contributed by atoms with E-state index in [2.05, 4.69) is 0 Å². The number of hydrogen-bond acceptors (Lipinski definition) is 4. The van der Waals surface area contributed by atoms with Crippen LogP contribution in [0, 0.1) is 21.8 Å². The Bertz CT molecular complexity index is 502. The van der Waals surface area contributed by atoms with Crippen LogP contribution in [-0.4, -0.2) is 16.0 Å². The molecule has 0 radical (unpaired) electrons. The van der Waals surface area contributed by atoms with E-state index in [0.29, 0.717) is 0 Å². The summed E-state index contributed by atoms with van der Waals surface area (Å²) in [4.78, 5) is 20.8. The molecule has 0 saturated heterocycles. The lowest BCUT2D eigenvalue weighted by molar-refractivity contribution is -0.385. The van der Waals surface area contributed by atoms with E-state index in [1.54, 1.807) is 0 Å². The molecule has 0 aliphatic heterocycles. The van der Waals surface area contributed by atoms with Crippen LogP contribution in [0.3, 0.4) is 0 Å². The largest absolute Gasteiger partial charge is 0.481 e. The monoisotopic (exact) mass is 256 g/mol. The topological polar surface area (TPSA) is 106 Å². The molecule has 2 atom stereocenters. The Morgan fingerprint density at radius 1 is 1.61 bits per heavy atom. The molecule has 0 aliphatic carbocycles. The van der Waals surface area contributed by atoms with Crippen molar-refractivity contribution in [3.05, 3.63) is 39.7 Å². The number of nitrogens with two attached hydrogens (primary N) is 1. The van der Waals surface area contributed by atoms with Crippen LogP contribution in [0.1, 0.15) is 19.4 Å². The van der Waals surface area contributed by atoms with Gasteiger partial charge in [0, 0.05) is 17.7 Å². The van der Waals surface area contributed by atoms with Gasteiger partial charge >= 0.3 is 5.97 Å². The Labute approximate surface area is 102 Å². The molecule has 1 aromatic carbocycles. The van der Waals surface area contributed by atoms with Gasteiger partial charge in [0.1, 0.15) is 5.82 Å². The van der Waals surface area contributed by atoms with Gasteiger partial charge in [-0.25, -0.2) is 4.39 Å². The van der Waals surface area contributed by atoms with Crippen LogP contribution < -0.4 is 5.73 Å². The molecule has 0 bridgehead atoms. The van der Waals surface area contributed by atoms with Crippen molar-refractivity contribution in [3.63, 3.8) is 0 Å². The van der Waals surface area contributed by atoms with E-state index in [-0.39, 0.29) is 11.3 Å². The maximum Gasteiger partial charge on any atom is 0.308 e. The minimum Gasteiger partial charge on any atom is -0.481 e. The van der Waals surface area contributed by atoms with E-state index in [4.69, 9.17) is 10.8 Å². The lowest BCUT2D eigenvalue weighted by Crippen LogP contribution is -2.44. The summed E-state index contributed by atoms with van der Waals surface area (Å²) >= 11 is 0. The van der Waals surface area contributed by atoms with Crippen molar-refractivity contribution in [2.24, 2.45) is 11.7 Å². The Balaban J connectivity index is 3.35. The number of non-ortho nitro benzene ring substituents is 1. The van der Waals surface area contributed by atoms with Crippen LogP contribution in [0.25, 0.3) is 0 Å². The molecule has 0 fully saturated rings. The lowest BCUT2D eigenvalue weighted by atomic mass is 9.81. The third-order valence-corrected chi connectivity index (χ3v) is 3.01. The minimum atomic E-state index is -1.54. The van der Waals surface area contributed by atoms with Gasteiger partial charge < -0.3 is 10.8 Å². The standard InChI is InChI=1S/C11H13FN2O4/c1-6(10(15)16)11(2,13)8-5-7(14(17)18)3-4-9(8)12/h3-6H,13H2,1-2H3,(H,15,16)/t6?,11-/m0/s1. The molecule has 98 valence electrons. The van der Waals surface area contributed by atoms with Gasteiger partial charge in [-0.1, -0.05) is 0 Å². The fourth-order valence-corrected chi connectivity index (χ4v) is 1.53. The SMILES string of the molecule is CC(C(=O)O)[C@](C)(N)c1cc([N+](=O)[O-])ccc1F. The Morgan fingerprint density at radius 3 is 2.61 bits per heavy atom. The number of carboxylic acids is 1. The molecule has 0 spiro atoms. The van der Waals surface area contributed by atoms with E-state index in [0.717, 1.165) is 18.2 Å². The summed E-state index contributed by atoms with van der Waals surface area (Å²) in [6, 6.07) is 2.88. The molecule has 6 nitrogen and oxygen atoms in total. The van der Waals surface area contributed by atoms with Crippen molar-refractivity contribution in [1.29, 1.82) is 0 Å². The third kappa shape index (κ3) is 2.45. The number of carboxylic acid groups (broad SMARTS) is 1. The zero-order valence-corrected chi connectivity index (χ0v) is 9.88. The second-order valence-electron chi connectivity index (χ2n) is 4.26. The maximum atomic E-state index is 13.7. The highest BCUT2D eigenvalue weighted by Gasteiger charge is 2.36. The van der Waals surface area contributed by atoms with Crippen molar-refractivity contribution >= 4 is 11.7 Å². The summed E-state index contributed by atoms with van der Waals surface area (Å²) < 4.78 is 13.7. The Kier molecular flexibility index (Phi) is 3.66. The van der Waals surface area contributed by atoms with Gasteiger partial charge in [-0.3, -0.25) is 14.9 Å². The average Bonchev–Trinajstić information content (AvgIpc) is 2.27. The number of carbonyl (C=O) groups is 1. The number of nitro benzene ring substituents is 1. The second-order valence-corrected chi connectivity index (χ2v) is 4.26. The second kappa shape index (κ2) is 4.69. The first-order valence-electron chi connectivity index (χ1n) is 5.14. The number of nitro groups is 1. The van der Waals surface area contributed by atoms with Crippen molar-refractivity contribution in [1.82, 2.24) is 0 Å². The molecule has 1 unspecified atom stereocenters. The first-order valence-corrected chi connectivity index (χ1v) is 5.14. The maximum absolute atomic E-state index is 13.7. The summed E-state index contributed by atoms with van der Waals surface area (Å²) in [5, 5.41) is 19.5. The smallest absolute Gasteiger partial charge is 0.308 e. The number of halogens is 1. The number of nitrogens with zero attached hydrogens (tertiary/aromatic N) is 1. The van der Waals surface area contributed by atoms with Gasteiger partial charge in [0.15, 0.2) is 0 Å². The summed E-state index contributed by atoms with van der Waals surface area (Å²) in [5.41, 5.74) is 3.75. The first kappa shape index (κ1) is 14.0. The van der Waals surface area contributed by atoms with Gasteiger partial charge in [-0.05, 0) is 19.9 Å². The predicted octanol–water partition coefficient (Wildman–Crippen LogP) is 1.63. The molecule has 7 heteroatoms. The molecule has 0 saturated carbocycles. The molecule has 0 amide bonds. The highest BCUT2D eigenvalue weighted by atomic mass is 19.1. The van der Waals surface area contributed by atoms with Crippen LogP contribution >= 0.6 is 0 Å². The van der Waals surface area contributed by atoms with Gasteiger partial charge in [0.25, 0.3) is 5.69 Å². The van der Waals surface area contributed by atoms with Gasteiger partial charge in [0.05, 0.1) is 16.4 Å². The predicted molar refractivity (Wildman–Crippen MR) is 61.4 cm³/mol. The van der Waals surface area contributed by atoms with Crippen LogP contribution in [0.15, 0.2) is 18.2 Å². The molecular formula is C11H13FN2O4. The quantitative estimate of drug-likeness (QED) is 0.629. The fraction of sp³-hybridized carbons (Fsp3) is 0.364. The summed E-state index contributed by atoms with van der Waals surface area (Å²) in [6.07, 6.45) is 0. The van der Waals surface area contributed by atoms with Crippen molar-refractivity contribution in [2.75, 3.05) is 0 Å². The number of aliphatic carboxylic acids is 1. The molecular weight excluding hydrogens is 243 g/mol. The zero-order valence-electron chi connectivity index (χ0n) is 9.88. The fourth-order valence-electron chi connectivity index (χ4n) is 1.53. The Morgan fingerprint density at radius 2 is 2.17 bits per heavy atom. The summed E-state index contributed by atoms with van der Waals surface area (Å²) in [5.74, 6) is -3.06. The van der Waals surface area contributed by atoms with Crippen molar-refractivity contribution < 1.29 is 19.2 Å². The molecule has 0 aliphatic rings. The number of hydrogen-bond donors (Lipinski definition) is 2. The Hall–Kier alpha value is -2.02. The highest BCUT2D eigenvalue weighted by molar-refractivity contribution is 5.71.